The van der Waals surface area contributed by atoms with Crippen molar-refractivity contribution in [1.29, 1.82) is 0 Å². The molecule has 0 aromatic carbocycles. The third-order valence-corrected chi connectivity index (χ3v) is 4.85. The molecule has 0 bridgehead atoms. The Labute approximate surface area is 116 Å². The van der Waals surface area contributed by atoms with Gasteiger partial charge in [-0.2, -0.15) is 5.10 Å². The van der Waals surface area contributed by atoms with Gasteiger partial charge in [0.15, 0.2) is 5.69 Å². The predicted octanol–water partition coefficient (Wildman–Crippen LogP) is 2.80. The maximum absolute atomic E-state index is 12.2. The van der Waals surface area contributed by atoms with Gasteiger partial charge >= 0.3 is 0 Å². The van der Waals surface area contributed by atoms with Crippen LogP contribution in [0.5, 0.6) is 0 Å². The SMILES string of the molecule is Cc1c(Br)c(C(=O)N[C@H]2CCCC[C@@H]2C)nn1C. The molecule has 18 heavy (non-hydrogen) atoms. The summed E-state index contributed by atoms with van der Waals surface area (Å²) in [5.74, 6) is 0.496. The Hall–Kier alpha value is -0.840. The van der Waals surface area contributed by atoms with Gasteiger partial charge in [-0.15, -0.1) is 0 Å². The highest BCUT2D eigenvalue weighted by Gasteiger charge is 2.25. The molecule has 1 aromatic heterocycles. The minimum absolute atomic E-state index is 0.0654. The monoisotopic (exact) mass is 313 g/mol. The molecule has 0 radical (unpaired) electrons. The van der Waals surface area contributed by atoms with Crippen LogP contribution in [0.25, 0.3) is 0 Å². The van der Waals surface area contributed by atoms with E-state index in [1.165, 1.54) is 19.3 Å². The molecular formula is C13H20BrN3O. The van der Waals surface area contributed by atoms with Crippen molar-refractivity contribution in [3.05, 3.63) is 15.9 Å². The Balaban J connectivity index is 2.09. The molecule has 1 aromatic rings. The summed E-state index contributed by atoms with van der Waals surface area (Å²) in [6, 6.07) is 0.292. The van der Waals surface area contributed by atoms with Crippen molar-refractivity contribution in [2.45, 2.75) is 45.6 Å². The number of halogens is 1. The van der Waals surface area contributed by atoms with Gasteiger partial charge in [0.2, 0.25) is 0 Å². The van der Waals surface area contributed by atoms with E-state index in [4.69, 9.17) is 0 Å². The molecule has 100 valence electrons. The number of rotatable bonds is 2. The van der Waals surface area contributed by atoms with E-state index in [0.717, 1.165) is 16.6 Å². The van der Waals surface area contributed by atoms with Crippen LogP contribution < -0.4 is 5.32 Å². The quantitative estimate of drug-likeness (QED) is 0.912. The predicted molar refractivity (Wildman–Crippen MR) is 74.5 cm³/mol. The van der Waals surface area contributed by atoms with Crippen LogP contribution in [0.1, 0.15) is 48.8 Å². The van der Waals surface area contributed by atoms with Crippen LogP contribution >= 0.6 is 15.9 Å². The molecule has 1 N–H and O–H groups in total. The fraction of sp³-hybridized carbons (Fsp3) is 0.692. The van der Waals surface area contributed by atoms with E-state index < -0.39 is 0 Å². The molecule has 0 spiro atoms. The lowest BCUT2D eigenvalue weighted by Crippen LogP contribution is -2.41. The Morgan fingerprint density at radius 3 is 2.67 bits per heavy atom. The van der Waals surface area contributed by atoms with E-state index in [-0.39, 0.29) is 5.91 Å². The van der Waals surface area contributed by atoms with Crippen LogP contribution in [0, 0.1) is 12.8 Å². The molecule has 1 fully saturated rings. The van der Waals surface area contributed by atoms with Crippen molar-refractivity contribution in [3.8, 4) is 0 Å². The van der Waals surface area contributed by atoms with Gasteiger partial charge in [-0.3, -0.25) is 9.48 Å². The van der Waals surface area contributed by atoms with Crippen molar-refractivity contribution in [2.75, 3.05) is 0 Å². The van der Waals surface area contributed by atoms with Gasteiger partial charge in [0.1, 0.15) is 0 Å². The molecule has 1 aliphatic rings. The fourth-order valence-electron chi connectivity index (χ4n) is 2.49. The standard InChI is InChI=1S/C13H20BrN3O/c1-8-6-4-5-7-10(8)15-13(18)12-11(14)9(2)17(3)16-12/h8,10H,4-7H2,1-3H3,(H,15,18)/t8-,10-/m0/s1. The molecule has 0 aliphatic heterocycles. The third kappa shape index (κ3) is 2.60. The number of nitrogens with one attached hydrogen (secondary N) is 1. The van der Waals surface area contributed by atoms with Crippen LogP contribution in [0.3, 0.4) is 0 Å². The van der Waals surface area contributed by atoms with Crippen LogP contribution in [-0.2, 0) is 7.05 Å². The first-order valence-corrected chi connectivity index (χ1v) is 7.30. The van der Waals surface area contributed by atoms with Gasteiger partial charge in [0.25, 0.3) is 5.91 Å². The molecular weight excluding hydrogens is 294 g/mol. The van der Waals surface area contributed by atoms with E-state index in [0.29, 0.717) is 17.7 Å². The number of nitrogens with zero attached hydrogens (tertiary/aromatic N) is 2. The van der Waals surface area contributed by atoms with E-state index in [2.05, 4.69) is 33.3 Å². The summed E-state index contributed by atoms with van der Waals surface area (Å²) < 4.78 is 2.52. The average molecular weight is 314 g/mol. The maximum Gasteiger partial charge on any atom is 0.273 e. The minimum atomic E-state index is -0.0654. The van der Waals surface area contributed by atoms with Crippen molar-refractivity contribution >= 4 is 21.8 Å². The van der Waals surface area contributed by atoms with E-state index in [1.807, 2.05) is 14.0 Å². The molecule has 5 heteroatoms. The molecule has 4 nitrogen and oxygen atoms in total. The number of aryl methyl sites for hydroxylation is 1. The minimum Gasteiger partial charge on any atom is -0.348 e. The van der Waals surface area contributed by atoms with Gasteiger partial charge in [-0.1, -0.05) is 19.8 Å². The highest BCUT2D eigenvalue weighted by Crippen LogP contribution is 2.25. The first-order chi connectivity index (χ1) is 8.50. The van der Waals surface area contributed by atoms with Gasteiger partial charge < -0.3 is 5.32 Å². The highest BCUT2D eigenvalue weighted by molar-refractivity contribution is 9.10. The zero-order valence-electron chi connectivity index (χ0n) is 11.2. The molecule has 2 rings (SSSR count). The number of hydrogen-bond acceptors (Lipinski definition) is 2. The van der Waals surface area contributed by atoms with Crippen LogP contribution in [0.4, 0.5) is 0 Å². The van der Waals surface area contributed by atoms with Crippen molar-refractivity contribution in [2.24, 2.45) is 13.0 Å². The molecule has 1 amide bonds. The number of aromatic nitrogens is 2. The van der Waals surface area contributed by atoms with E-state index >= 15 is 0 Å². The van der Waals surface area contributed by atoms with E-state index in [1.54, 1.807) is 4.68 Å². The summed E-state index contributed by atoms with van der Waals surface area (Å²) >= 11 is 3.44. The molecule has 2 atom stereocenters. The van der Waals surface area contributed by atoms with Gasteiger partial charge in [-0.05, 0) is 41.6 Å². The Kier molecular flexibility index (Phi) is 4.10. The lowest BCUT2D eigenvalue weighted by molar-refractivity contribution is 0.0903. The topological polar surface area (TPSA) is 46.9 Å². The summed E-state index contributed by atoms with van der Waals surface area (Å²) in [6.45, 7) is 4.15. The summed E-state index contributed by atoms with van der Waals surface area (Å²) in [6.07, 6.45) is 4.77. The highest BCUT2D eigenvalue weighted by atomic mass is 79.9. The second kappa shape index (κ2) is 5.43. The van der Waals surface area contributed by atoms with Crippen LogP contribution in [-0.4, -0.2) is 21.7 Å². The maximum atomic E-state index is 12.2. The number of hydrogen-bond donors (Lipinski definition) is 1. The zero-order chi connectivity index (χ0) is 13.3. The van der Waals surface area contributed by atoms with Gasteiger partial charge in [0.05, 0.1) is 10.2 Å². The summed E-state index contributed by atoms with van der Waals surface area (Å²) in [5.41, 5.74) is 1.46. The summed E-state index contributed by atoms with van der Waals surface area (Å²) in [4.78, 5) is 12.2. The molecule has 0 unspecified atom stereocenters. The third-order valence-electron chi connectivity index (χ3n) is 3.90. The molecule has 0 saturated heterocycles. The second-order valence-corrected chi connectivity index (χ2v) is 6.01. The zero-order valence-corrected chi connectivity index (χ0v) is 12.7. The smallest absolute Gasteiger partial charge is 0.273 e. The average Bonchev–Trinajstić information content (AvgIpc) is 2.60. The summed E-state index contributed by atoms with van der Waals surface area (Å²) in [5, 5.41) is 7.38. The Bertz CT molecular complexity index is 455. The lowest BCUT2D eigenvalue weighted by Gasteiger charge is -2.29. The second-order valence-electron chi connectivity index (χ2n) is 5.21. The fourth-order valence-corrected chi connectivity index (χ4v) is 3.01. The summed E-state index contributed by atoms with van der Waals surface area (Å²) in [7, 11) is 1.85. The number of amides is 1. The Morgan fingerprint density at radius 2 is 2.11 bits per heavy atom. The van der Waals surface area contributed by atoms with Crippen molar-refractivity contribution in [3.63, 3.8) is 0 Å². The first-order valence-electron chi connectivity index (χ1n) is 6.50. The van der Waals surface area contributed by atoms with Gasteiger partial charge in [0, 0.05) is 13.1 Å². The Morgan fingerprint density at radius 1 is 1.44 bits per heavy atom. The largest absolute Gasteiger partial charge is 0.348 e. The van der Waals surface area contributed by atoms with Crippen molar-refractivity contribution in [1.82, 2.24) is 15.1 Å². The van der Waals surface area contributed by atoms with Gasteiger partial charge in [-0.25, -0.2) is 0 Å². The molecule has 1 aliphatic carbocycles. The lowest BCUT2D eigenvalue weighted by atomic mass is 9.86. The van der Waals surface area contributed by atoms with Crippen molar-refractivity contribution < 1.29 is 4.79 Å². The normalized spacial score (nSPS) is 24.0. The van der Waals surface area contributed by atoms with E-state index in [9.17, 15) is 4.79 Å². The van der Waals surface area contributed by atoms with Crippen LogP contribution in [0.2, 0.25) is 0 Å². The number of carbonyl (C=O) groups is 1. The first kappa shape index (κ1) is 13.6. The molecule has 1 saturated carbocycles. The number of carbonyl (C=O) groups excluding carboxylic acids is 1. The van der Waals surface area contributed by atoms with Crippen LogP contribution in [0.15, 0.2) is 4.47 Å². The molecule has 1 heterocycles.